The number of carbonyl (C=O) groups excluding carboxylic acids is 2. The second kappa shape index (κ2) is 7.04. The van der Waals surface area contributed by atoms with Gasteiger partial charge < -0.3 is 15.4 Å². The molecule has 1 heterocycles. The van der Waals surface area contributed by atoms with Crippen LogP contribution >= 0.6 is 0 Å². The molecule has 0 atom stereocenters. The molecule has 1 aliphatic heterocycles. The first-order valence-corrected chi connectivity index (χ1v) is 7.74. The molecule has 24 heavy (non-hydrogen) atoms. The van der Waals surface area contributed by atoms with Gasteiger partial charge in [0.15, 0.2) is 0 Å². The number of nitrogens with one attached hydrogen (secondary N) is 2. The van der Waals surface area contributed by atoms with E-state index in [1.807, 2.05) is 36.4 Å². The van der Waals surface area contributed by atoms with Crippen molar-refractivity contribution in [2.75, 3.05) is 30.4 Å². The molecule has 6 heteroatoms. The lowest BCUT2D eigenvalue weighted by molar-refractivity contribution is -0.115. The fourth-order valence-electron chi connectivity index (χ4n) is 2.58. The van der Waals surface area contributed by atoms with Crippen LogP contribution in [-0.2, 0) is 11.2 Å². The van der Waals surface area contributed by atoms with E-state index in [2.05, 4.69) is 10.6 Å². The van der Waals surface area contributed by atoms with Crippen LogP contribution in [0, 0.1) is 0 Å². The average Bonchev–Trinajstić information content (AvgIpc) is 3.02. The van der Waals surface area contributed by atoms with Gasteiger partial charge in [-0.05, 0) is 42.0 Å². The minimum absolute atomic E-state index is 0.0909. The Bertz CT molecular complexity index is 726. The molecule has 0 saturated carbocycles. The summed E-state index contributed by atoms with van der Waals surface area (Å²) in [5.74, 6) is 0.674. The zero-order valence-corrected chi connectivity index (χ0v) is 13.4. The number of rotatable bonds is 5. The molecular formula is C18H19N3O3. The van der Waals surface area contributed by atoms with Crippen LogP contribution in [-0.4, -0.2) is 32.1 Å². The summed E-state index contributed by atoms with van der Waals surface area (Å²) < 4.78 is 5.10. The van der Waals surface area contributed by atoms with Gasteiger partial charge in [-0.25, -0.2) is 4.79 Å². The van der Waals surface area contributed by atoms with Crippen molar-refractivity contribution in [2.45, 2.75) is 6.42 Å². The van der Waals surface area contributed by atoms with Crippen LogP contribution in [0.5, 0.6) is 5.75 Å². The van der Waals surface area contributed by atoms with E-state index in [4.69, 9.17) is 4.74 Å². The molecule has 0 spiro atoms. The minimum Gasteiger partial charge on any atom is -0.497 e. The normalized spacial score (nSPS) is 13.5. The number of benzene rings is 2. The van der Waals surface area contributed by atoms with Gasteiger partial charge in [0.25, 0.3) is 0 Å². The summed E-state index contributed by atoms with van der Waals surface area (Å²) in [5.41, 5.74) is 2.44. The van der Waals surface area contributed by atoms with E-state index in [1.54, 1.807) is 24.1 Å². The van der Waals surface area contributed by atoms with Gasteiger partial charge >= 0.3 is 6.03 Å². The number of nitrogens with zero attached hydrogens (tertiary/aromatic N) is 1. The van der Waals surface area contributed by atoms with Crippen molar-refractivity contribution in [3.63, 3.8) is 0 Å². The summed E-state index contributed by atoms with van der Waals surface area (Å²) >= 11 is 0. The van der Waals surface area contributed by atoms with E-state index in [1.165, 1.54) is 0 Å². The third kappa shape index (κ3) is 3.65. The average molecular weight is 325 g/mol. The zero-order chi connectivity index (χ0) is 16.9. The summed E-state index contributed by atoms with van der Waals surface area (Å²) in [5, 5.41) is 5.62. The Kier molecular flexibility index (Phi) is 4.65. The van der Waals surface area contributed by atoms with Crippen molar-refractivity contribution < 1.29 is 14.3 Å². The molecule has 1 saturated heterocycles. The molecule has 3 amide bonds. The molecule has 0 aliphatic carbocycles. The minimum atomic E-state index is -0.0914. The Balaban J connectivity index is 1.58. The molecule has 0 radical (unpaired) electrons. The molecular weight excluding hydrogens is 306 g/mol. The van der Waals surface area contributed by atoms with E-state index in [0.717, 1.165) is 17.0 Å². The topological polar surface area (TPSA) is 70.7 Å². The van der Waals surface area contributed by atoms with Crippen LogP contribution in [0.15, 0.2) is 48.5 Å². The Morgan fingerprint density at radius 3 is 2.46 bits per heavy atom. The quantitative estimate of drug-likeness (QED) is 0.887. The van der Waals surface area contributed by atoms with Gasteiger partial charge in [0.1, 0.15) is 5.75 Å². The number of hydrogen-bond acceptors (Lipinski definition) is 3. The zero-order valence-electron chi connectivity index (χ0n) is 13.4. The van der Waals surface area contributed by atoms with Crippen molar-refractivity contribution in [1.29, 1.82) is 0 Å². The smallest absolute Gasteiger partial charge is 0.321 e. The molecule has 0 unspecified atom stereocenters. The standard InChI is InChI=1S/C18H19N3O3/c1-24-16-8-2-13(3-9-16)12-17(22)20-14-4-6-15(7-5-14)21-11-10-19-18(21)23/h2-9H,10-12H2,1H3,(H,19,23)(H,20,22). The largest absolute Gasteiger partial charge is 0.497 e. The van der Waals surface area contributed by atoms with Gasteiger partial charge in [-0.1, -0.05) is 12.1 Å². The first-order valence-electron chi connectivity index (χ1n) is 7.74. The van der Waals surface area contributed by atoms with Gasteiger partial charge in [0, 0.05) is 24.5 Å². The molecule has 2 aromatic rings. The highest BCUT2D eigenvalue weighted by Crippen LogP contribution is 2.20. The second-order valence-corrected chi connectivity index (χ2v) is 5.50. The van der Waals surface area contributed by atoms with Crippen molar-refractivity contribution in [2.24, 2.45) is 0 Å². The fraction of sp³-hybridized carbons (Fsp3) is 0.222. The third-order valence-corrected chi connectivity index (χ3v) is 3.84. The molecule has 1 aliphatic rings. The van der Waals surface area contributed by atoms with Crippen molar-refractivity contribution in [1.82, 2.24) is 5.32 Å². The molecule has 124 valence electrons. The van der Waals surface area contributed by atoms with Crippen molar-refractivity contribution >= 4 is 23.3 Å². The highest BCUT2D eigenvalue weighted by molar-refractivity contribution is 5.95. The molecule has 1 fully saturated rings. The number of methoxy groups -OCH3 is 1. The van der Waals surface area contributed by atoms with Crippen molar-refractivity contribution in [3.05, 3.63) is 54.1 Å². The predicted octanol–water partition coefficient (Wildman–Crippen LogP) is 2.41. The van der Waals surface area contributed by atoms with Crippen LogP contribution in [0.25, 0.3) is 0 Å². The number of carbonyl (C=O) groups is 2. The maximum atomic E-state index is 12.1. The van der Waals surface area contributed by atoms with Gasteiger partial charge in [-0.3, -0.25) is 9.69 Å². The lowest BCUT2D eigenvalue weighted by Crippen LogP contribution is -2.27. The van der Waals surface area contributed by atoms with E-state index >= 15 is 0 Å². The van der Waals surface area contributed by atoms with Gasteiger partial charge in [-0.2, -0.15) is 0 Å². The van der Waals surface area contributed by atoms with Gasteiger partial charge in [-0.15, -0.1) is 0 Å². The molecule has 0 bridgehead atoms. The number of anilines is 2. The summed E-state index contributed by atoms with van der Waals surface area (Å²) in [4.78, 5) is 25.4. The summed E-state index contributed by atoms with van der Waals surface area (Å²) in [6, 6.07) is 14.6. The van der Waals surface area contributed by atoms with Gasteiger partial charge in [0.2, 0.25) is 5.91 Å². The van der Waals surface area contributed by atoms with Crippen LogP contribution in [0.4, 0.5) is 16.2 Å². The van der Waals surface area contributed by atoms with Gasteiger partial charge in [0.05, 0.1) is 13.5 Å². The third-order valence-electron chi connectivity index (χ3n) is 3.84. The summed E-state index contributed by atoms with van der Waals surface area (Å²) in [6.45, 7) is 1.31. The SMILES string of the molecule is COc1ccc(CC(=O)Nc2ccc(N3CCNC3=O)cc2)cc1. The lowest BCUT2D eigenvalue weighted by atomic mass is 10.1. The maximum absolute atomic E-state index is 12.1. The number of hydrogen-bond donors (Lipinski definition) is 2. The Hall–Kier alpha value is -3.02. The van der Waals surface area contributed by atoms with Crippen molar-refractivity contribution in [3.8, 4) is 5.75 Å². The van der Waals surface area contributed by atoms with Crippen LogP contribution in [0.2, 0.25) is 0 Å². The number of ether oxygens (including phenoxy) is 1. The molecule has 3 rings (SSSR count). The van der Waals surface area contributed by atoms with E-state index in [-0.39, 0.29) is 11.9 Å². The second-order valence-electron chi connectivity index (χ2n) is 5.50. The lowest BCUT2D eigenvalue weighted by Gasteiger charge is -2.14. The van der Waals surface area contributed by atoms with Crippen LogP contribution < -0.4 is 20.3 Å². The highest BCUT2D eigenvalue weighted by atomic mass is 16.5. The van der Waals surface area contributed by atoms with E-state index in [0.29, 0.717) is 25.2 Å². The summed E-state index contributed by atoms with van der Waals surface area (Å²) in [7, 11) is 1.61. The molecule has 2 aromatic carbocycles. The predicted molar refractivity (Wildman–Crippen MR) is 92.5 cm³/mol. The molecule has 6 nitrogen and oxygen atoms in total. The number of urea groups is 1. The number of amides is 3. The Morgan fingerprint density at radius 2 is 1.88 bits per heavy atom. The fourth-order valence-corrected chi connectivity index (χ4v) is 2.58. The molecule has 0 aromatic heterocycles. The Labute approximate surface area is 140 Å². The summed E-state index contributed by atoms with van der Waals surface area (Å²) in [6.07, 6.45) is 0.292. The maximum Gasteiger partial charge on any atom is 0.321 e. The molecule has 2 N–H and O–H groups in total. The van der Waals surface area contributed by atoms with Crippen LogP contribution in [0.3, 0.4) is 0 Å². The monoisotopic (exact) mass is 325 g/mol. The van der Waals surface area contributed by atoms with E-state index < -0.39 is 0 Å². The first kappa shape index (κ1) is 15.9. The first-order chi connectivity index (χ1) is 11.7. The van der Waals surface area contributed by atoms with Crippen LogP contribution in [0.1, 0.15) is 5.56 Å². The highest BCUT2D eigenvalue weighted by Gasteiger charge is 2.20. The Morgan fingerprint density at radius 1 is 1.17 bits per heavy atom. The van der Waals surface area contributed by atoms with E-state index in [9.17, 15) is 9.59 Å².